The molecule has 5 rings (SSSR count). The summed E-state index contributed by atoms with van der Waals surface area (Å²) in [6.45, 7) is 10.1. The molecule has 7 nitrogen and oxygen atoms in total. The second kappa shape index (κ2) is 13.6. The average molecular weight is 589 g/mol. The predicted octanol–water partition coefficient (Wildman–Crippen LogP) is 7.60. The average Bonchev–Trinajstić information content (AvgIpc) is 3.04. The first kappa shape index (κ1) is 30.5. The fraction of sp³-hybridized carbons (Fsp3) is 0.270. The van der Waals surface area contributed by atoms with Crippen molar-refractivity contribution in [3.05, 3.63) is 125 Å². The zero-order valence-corrected chi connectivity index (χ0v) is 25.8. The molecule has 0 aromatic heterocycles. The van der Waals surface area contributed by atoms with E-state index >= 15 is 0 Å². The minimum absolute atomic E-state index is 0.245. The Morgan fingerprint density at radius 1 is 0.773 bits per heavy atom. The molecule has 1 saturated heterocycles. The summed E-state index contributed by atoms with van der Waals surface area (Å²) >= 11 is 0. The van der Waals surface area contributed by atoms with Crippen LogP contribution in [0.3, 0.4) is 0 Å². The molecule has 0 bridgehead atoms. The number of rotatable bonds is 7. The van der Waals surface area contributed by atoms with Crippen LogP contribution in [0.1, 0.15) is 81.7 Å². The summed E-state index contributed by atoms with van der Waals surface area (Å²) in [5.74, 6) is -0.162. The van der Waals surface area contributed by atoms with Crippen molar-refractivity contribution in [3.8, 4) is 0 Å². The summed E-state index contributed by atoms with van der Waals surface area (Å²) in [5.41, 5.74) is 8.21. The van der Waals surface area contributed by atoms with Gasteiger partial charge in [-0.2, -0.15) is 0 Å². The van der Waals surface area contributed by atoms with Gasteiger partial charge in [-0.05, 0) is 91.8 Å². The molecule has 0 saturated carbocycles. The van der Waals surface area contributed by atoms with Gasteiger partial charge in [-0.3, -0.25) is 19.8 Å². The number of hydrogen-bond acceptors (Lipinski definition) is 4. The van der Waals surface area contributed by atoms with E-state index in [-0.39, 0.29) is 11.8 Å². The van der Waals surface area contributed by atoms with Crippen LogP contribution in [0.2, 0.25) is 0 Å². The van der Waals surface area contributed by atoms with Gasteiger partial charge in [0.25, 0.3) is 17.7 Å². The Morgan fingerprint density at radius 2 is 1.45 bits per heavy atom. The first-order chi connectivity index (χ1) is 21.2. The van der Waals surface area contributed by atoms with E-state index in [1.807, 2.05) is 67.6 Å². The summed E-state index contributed by atoms with van der Waals surface area (Å²) < 4.78 is 0. The number of carbonyl (C=O) groups excluding carboxylic acids is 3. The lowest BCUT2D eigenvalue weighted by molar-refractivity contribution is 0.0887. The zero-order valence-electron chi connectivity index (χ0n) is 25.8. The van der Waals surface area contributed by atoms with Gasteiger partial charge in [0.15, 0.2) is 0 Å². The molecule has 226 valence electrons. The van der Waals surface area contributed by atoms with Crippen LogP contribution in [0.15, 0.2) is 97.1 Å². The van der Waals surface area contributed by atoms with E-state index in [1.165, 1.54) is 5.01 Å². The highest BCUT2D eigenvalue weighted by atomic mass is 16.2. The highest BCUT2D eigenvalue weighted by molar-refractivity contribution is 6.10. The summed E-state index contributed by atoms with van der Waals surface area (Å²) in [6.07, 6.45) is 2.11. The Kier molecular flexibility index (Phi) is 9.44. The van der Waals surface area contributed by atoms with Crippen molar-refractivity contribution in [1.82, 2.24) is 5.43 Å². The largest absolute Gasteiger partial charge is 0.370 e. The molecule has 2 N–H and O–H groups in total. The van der Waals surface area contributed by atoms with Gasteiger partial charge < -0.3 is 10.2 Å². The summed E-state index contributed by atoms with van der Waals surface area (Å²) in [4.78, 5) is 43.2. The molecule has 0 aliphatic carbocycles. The van der Waals surface area contributed by atoms with Crippen LogP contribution >= 0.6 is 0 Å². The zero-order chi connectivity index (χ0) is 31.2. The third kappa shape index (κ3) is 7.17. The van der Waals surface area contributed by atoms with E-state index in [0.29, 0.717) is 34.0 Å². The normalized spacial score (nSPS) is 13.4. The smallest absolute Gasteiger partial charge is 0.277 e. The van der Waals surface area contributed by atoms with Crippen molar-refractivity contribution in [1.29, 1.82) is 0 Å². The maximum atomic E-state index is 14.0. The SMILES string of the molecule is Cc1ccc(C(=O)N(NC(=O)c2cccc(C(C)C)c2)c2ccc(N3CCC(C)CC3)c(NC(=O)c3ccccc3)c2)cc1. The molecular formula is C37H40N4O3. The molecule has 1 heterocycles. The molecule has 3 amide bonds. The van der Waals surface area contributed by atoms with Gasteiger partial charge in [0.05, 0.1) is 17.1 Å². The molecule has 0 atom stereocenters. The molecule has 1 aliphatic heterocycles. The molecule has 0 spiro atoms. The van der Waals surface area contributed by atoms with Crippen LogP contribution in [-0.4, -0.2) is 30.8 Å². The number of carbonyl (C=O) groups is 3. The Hall–Kier alpha value is -4.91. The van der Waals surface area contributed by atoms with E-state index in [2.05, 4.69) is 36.4 Å². The van der Waals surface area contributed by atoms with Gasteiger partial charge >= 0.3 is 0 Å². The van der Waals surface area contributed by atoms with E-state index in [9.17, 15) is 14.4 Å². The summed E-state index contributed by atoms with van der Waals surface area (Å²) in [5, 5.41) is 4.36. The van der Waals surface area contributed by atoms with Crippen molar-refractivity contribution < 1.29 is 14.4 Å². The highest BCUT2D eigenvalue weighted by Crippen LogP contribution is 2.34. The minimum Gasteiger partial charge on any atom is -0.370 e. The number of aryl methyl sites for hydroxylation is 1. The minimum atomic E-state index is -0.406. The molecule has 0 unspecified atom stereocenters. The van der Waals surface area contributed by atoms with Crippen molar-refractivity contribution in [3.63, 3.8) is 0 Å². The second-order valence-corrected chi connectivity index (χ2v) is 11.9. The van der Waals surface area contributed by atoms with Crippen LogP contribution in [0, 0.1) is 12.8 Å². The summed E-state index contributed by atoms with van der Waals surface area (Å²) in [6, 6.07) is 29.2. The Morgan fingerprint density at radius 3 is 2.14 bits per heavy atom. The van der Waals surface area contributed by atoms with Crippen LogP contribution < -0.4 is 20.7 Å². The van der Waals surface area contributed by atoms with Crippen LogP contribution in [-0.2, 0) is 0 Å². The van der Waals surface area contributed by atoms with E-state index in [0.717, 1.165) is 42.7 Å². The number of piperidine rings is 1. The van der Waals surface area contributed by atoms with Crippen molar-refractivity contribution >= 4 is 34.8 Å². The molecule has 1 aliphatic rings. The lowest BCUT2D eigenvalue weighted by Gasteiger charge is -2.34. The lowest BCUT2D eigenvalue weighted by atomic mass is 9.98. The number of amides is 3. The van der Waals surface area contributed by atoms with Gasteiger partial charge in [-0.1, -0.05) is 68.8 Å². The maximum absolute atomic E-state index is 14.0. The van der Waals surface area contributed by atoms with Gasteiger partial charge in [0.2, 0.25) is 0 Å². The topological polar surface area (TPSA) is 81.8 Å². The first-order valence-corrected chi connectivity index (χ1v) is 15.3. The Bertz CT molecular complexity index is 1620. The quantitative estimate of drug-likeness (QED) is 0.218. The van der Waals surface area contributed by atoms with Gasteiger partial charge in [-0.15, -0.1) is 0 Å². The number of hydrogen-bond donors (Lipinski definition) is 2. The number of nitrogens with zero attached hydrogens (tertiary/aromatic N) is 2. The fourth-order valence-electron chi connectivity index (χ4n) is 5.34. The highest BCUT2D eigenvalue weighted by Gasteiger charge is 2.25. The third-order valence-corrected chi connectivity index (χ3v) is 8.18. The molecular weight excluding hydrogens is 548 g/mol. The van der Waals surface area contributed by atoms with Crippen LogP contribution in [0.4, 0.5) is 17.1 Å². The Labute approximate surface area is 259 Å². The van der Waals surface area contributed by atoms with Crippen molar-refractivity contribution in [2.45, 2.75) is 46.5 Å². The van der Waals surface area contributed by atoms with E-state index in [1.54, 1.807) is 36.4 Å². The molecule has 4 aromatic rings. The Balaban J connectivity index is 1.55. The van der Waals surface area contributed by atoms with Gasteiger partial charge in [0, 0.05) is 29.8 Å². The molecule has 1 fully saturated rings. The van der Waals surface area contributed by atoms with Crippen LogP contribution in [0.5, 0.6) is 0 Å². The summed E-state index contributed by atoms with van der Waals surface area (Å²) in [7, 11) is 0. The van der Waals surface area contributed by atoms with E-state index < -0.39 is 11.8 Å². The standard InChI is InChI=1S/C37H40N4O3/c1-25(2)30-11-8-12-31(23-30)36(43)39-41(37(44)29-15-13-26(3)14-16-29)32-17-18-34(40-21-19-27(4)20-22-40)33(24-32)38-35(42)28-9-6-5-7-10-28/h5-18,23-25,27H,19-22H2,1-4H3,(H,38,42)(H,39,43). The molecule has 44 heavy (non-hydrogen) atoms. The monoisotopic (exact) mass is 588 g/mol. The van der Waals surface area contributed by atoms with Crippen LogP contribution in [0.25, 0.3) is 0 Å². The van der Waals surface area contributed by atoms with E-state index in [4.69, 9.17) is 0 Å². The number of anilines is 3. The van der Waals surface area contributed by atoms with Crippen molar-refractivity contribution in [2.75, 3.05) is 28.3 Å². The van der Waals surface area contributed by atoms with Crippen molar-refractivity contribution in [2.24, 2.45) is 5.92 Å². The second-order valence-electron chi connectivity index (χ2n) is 11.9. The predicted molar refractivity (Wildman–Crippen MR) is 177 cm³/mol. The maximum Gasteiger partial charge on any atom is 0.277 e. The number of benzene rings is 4. The van der Waals surface area contributed by atoms with Gasteiger partial charge in [-0.25, -0.2) is 5.01 Å². The van der Waals surface area contributed by atoms with Gasteiger partial charge in [0.1, 0.15) is 0 Å². The molecule has 4 aromatic carbocycles. The molecule has 0 radical (unpaired) electrons. The molecule has 7 heteroatoms. The fourth-order valence-corrected chi connectivity index (χ4v) is 5.34. The number of nitrogens with one attached hydrogen (secondary N) is 2. The first-order valence-electron chi connectivity index (χ1n) is 15.3. The number of hydrazine groups is 1. The third-order valence-electron chi connectivity index (χ3n) is 8.18. The lowest BCUT2D eigenvalue weighted by Crippen LogP contribution is -2.46.